The highest BCUT2D eigenvalue weighted by molar-refractivity contribution is 8.00. The van der Waals surface area contributed by atoms with Gasteiger partial charge in [0.1, 0.15) is 4.75 Å². The van der Waals surface area contributed by atoms with Gasteiger partial charge in [0.25, 0.3) is 0 Å². The third-order valence-corrected chi connectivity index (χ3v) is 3.47. The van der Waals surface area contributed by atoms with E-state index in [-0.39, 0.29) is 0 Å². The van der Waals surface area contributed by atoms with Gasteiger partial charge < -0.3 is 5.11 Å². The van der Waals surface area contributed by atoms with E-state index >= 15 is 0 Å². The number of aliphatic carboxylic acids is 1. The van der Waals surface area contributed by atoms with Gasteiger partial charge in [-0.15, -0.1) is 11.8 Å². The molecule has 1 aromatic carbocycles. The molecule has 0 aliphatic carbocycles. The molecule has 0 heterocycles. The minimum Gasteiger partial charge on any atom is -0.480 e. The Morgan fingerprint density at radius 2 is 2.00 bits per heavy atom. The number of carbonyl (C=O) groups is 1. The Kier molecular flexibility index (Phi) is 3.91. The average Bonchev–Trinajstić information content (AvgIpc) is 2.20. The van der Waals surface area contributed by atoms with Crippen LogP contribution in [0.25, 0.3) is 0 Å². The first-order valence-electron chi connectivity index (χ1n) is 4.64. The van der Waals surface area contributed by atoms with Crippen molar-refractivity contribution in [2.24, 2.45) is 0 Å². The lowest BCUT2D eigenvalue weighted by atomic mass is 10.2. The van der Waals surface area contributed by atoms with E-state index < -0.39 is 22.4 Å². The van der Waals surface area contributed by atoms with Gasteiger partial charge in [0.05, 0.1) is 0 Å². The molecule has 88 valence electrons. The molecule has 0 aliphatic rings. The lowest BCUT2D eigenvalue weighted by Crippen LogP contribution is -2.27. The summed E-state index contributed by atoms with van der Waals surface area (Å²) in [5.41, 5.74) is 0.568. The third-order valence-electron chi connectivity index (χ3n) is 2.10. The van der Waals surface area contributed by atoms with Crippen LogP contribution in [0.5, 0.6) is 0 Å². The molecular formula is C11H12F2O2S. The Hall–Kier alpha value is -1.10. The number of carboxylic acid groups (broad SMARTS) is 1. The van der Waals surface area contributed by atoms with E-state index in [1.165, 1.54) is 17.8 Å². The highest BCUT2D eigenvalue weighted by Gasteiger charge is 2.27. The topological polar surface area (TPSA) is 37.3 Å². The summed E-state index contributed by atoms with van der Waals surface area (Å²) in [6.45, 7) is 3.14. The van der Waals surface area contributed by atoms with E-state index in [4.69, 9.17) is 5.11 Å². The highest BCUT2D eigenvalue weighted by Crippen LogP contribution is 2.28. The summed E-state index contributed by atoms with van der Waals surface area (Å²) in [5, 5.41) is 8.86. The second-order valence-electron chi connectivity index (χ2n) is 3.85. The average molecular weight is 246 g/mol. The Bertz CT molecular complexity index is 405. The van der Waals surface area contributed by atoms with Crippen molar-refractivity contribution < 1.29 is 18.7 Å². The van der Waals surface area contributed by atoms with Gasteiger partial charge in [-0.3, -0.25) is 4.79 Å². The molecule has 0 unspecified atom stereocenters. The number of benzene rings is 1. The van der Waals surface area contributed by atoms with Gasteiger partial charge in [-0.25, -0.2) is 8.78 Å². The Morgan fingerprint density at radius 3 is 2.50 bits per heavy atom. The fourth-order valence-corrected chi connectivity index (χ4v) is 1.79. The molecule has 0 saturated heterocycles. The quantitative estimate of drug-likeness (QED) is 0.887. The normalized spacial score (nSPS) is 11.5. The first-order valence-corrected chi connectivity index (χ1v) is 5.63. The predicted octanol–water partition coefficient (Wildman–Crippen LogP) is 3.06. The number of carboxylic acids is 1. The predicted molar refractivity (Wildman–Crippen MR) is 59.4 cm³/mol. The second-order valence-corrected chi connectivity index (χ2v) is 5.45. The molecule has 1 rings (SSSR count). The maximum absolute atomic E-state index is 12.9. The number of hydrogen-bond acceptors (Lipinski definition) is 2. The smallest absolute Gasteiger partial charge is 0.319 e. The van der Waals surface area contributed by atoms with Crippen molar-refractivity contribution in [3.05, 3.63) is 35.4 Å². The molecule has 0 atom stereocenters. The van der Waals surface area contributed by atoms with E-state index in [1.807, 2.05) is 0 Å². The highest BCUT2D eigenvalue weighted by atomic mass is 32.2. The summed E-state index contributed by atoms with van der Waals surface area (Å²) in [7, 11) is 0. The number of thioether (sulfide) groups is 1. The molecule has 0 saturated carbocycles. The van der Waals surface area contributed by atoms with Gasteiger partial charge in [0.15, 0.2) is 11.6 Å². The van der Waals surface area contributed by atoms with Crippen molar-refractivity contribution in [1.82, 2.24) is 0 Å². The van der Waals surface area contributed by atoms with Crippen LogP contribution in [0.1, 0.15) is 19.4 Å². The van der Waals surface area contributed by atoms with Crippen LogP contribution in [-0.4, -0.2) is 15.8 Å². The van der Waals surface area contributed by atoms with Crippen molar-refractivity contribution in [2.45, 2.75) is 24.3 Å². The second kappa shape index (κ2) is 4.82. The number of hydrogen-bond donors (Lipinski definition) is 1. The van der Waals surface area contributed by atoms with Gasteiger partial charge in [-0.2, -0.15) is 0 Å². The number of halogens is 2. The summed E-state index contributed by atoms with van der Waals surface area (Å²) < 4.78 is 24.5. The van der Waals surface area contributed by atoms with Gasteiger partial charge >= 0.3 is 5.97 Å². The SMILES string of the molecule is CC(C)(SCc1ccc(F)c(F)c1)C(=O)O. The van der Waals surface area contributed by atoms with Crippen LogP contribution in [0.15, 0.2) is 18.2 Å². The van der Waals surface area contributed by atoms with Crippen molar-refractivity contribution in [3.8, 4) is 0 Å². The molecule has 1 aromatic rings. The van der Waals surface area contributed by atoms with Gasteiger partial charge in [-0.1, -0.05) is 6.07 Å². The van der Waals surface area contributed by atoms with Crippen molar-refractivity contribution in [1.29, 1.82) is 0 Å². The van der Waals surface area contributed by atoms with Crippen LogP contribution in [0, 0.1) is 11.6 Å². The Balaban J connectivity index is 2.68. The van der Waals surface area contributed by atoms with Crippen molar-refractivity contribution >= 4 is 17.7 Å². The fourth-order valence-electron chi connectivity index (χ4n) is 0.955. The van der Waals surface area contributed by atoms with E-state index in [2.05, 4.69) is 0 Å². The molecule has 0 spiro atoms. The molecular weight excluding hydrogens is 234 g/mol. The Labute approximate surface area is 96.7 Å². The standard InChI is InChI=1S/C11H12F2O2S/c1-11(2,10(14)15)16-6-7-3-4-8(12)9(13)5-7/h3-5H,6H2,1-2H3,(H,14,15). The first kappa shape index (κ1) is 13.0. The summed E-state index contributed by atoms with van der Waals surface area (Å²) in [6, 6.07) is 3.57. The van der Waals surface area contributed by atoms with Crippen LogP contribution < -0.4 is 0 Å². The third kappa shape index (κ3) is 3.20. The molecule has 0 aromatic heterocycles. The maximum atomic E-state index is 12.9. The lowest BCUT2D eigenvalue weighted by molar-refractivity contribution is -0.138. The zero-order chi connectivity index (χ0) is 12.3. The molecule has 0 aliphatic heterocycles. The van der Waals surface area contributed by atoms with Crippen molar-refractivity contribution in [3.63, 3.8) is 0 Å². The van der Waals surface area contributed by atoms with Crippen LogP contribution in [0.3, 0.4) is 0 Å². The van der Waals surface area contributed by atoms with Gasteiger partial charge in [0, 0.05) is 5.75 Å². The molecule has 0 radical (unpaired) electrons. The molecule has 0 fully saturated rings. The zero-order valence-electron chi connectivity index (χ0n) is 8.96. The lowest BCUT2D eigenvalue weighted by Gasteiger charge is -2.18. The minimum absolute atomic E-state index is 0.330. The van der Waals surface area contributed by atoms with Gasteiger partial charge in [0.2, 0.25) is 0 Å². The van der Waals surface area contributed by atoms with E-state index in [0.717, 1.165) is 12.1 Å². The first-order chi connectivity index (χ1) is 7.33. The monoisotopic (exact) mass is 246 g/mol. The van der Waals surface area contributed by atoms with Crippen LogP contribution in [0.4, 0.5) is 8.78 Å². The molecule has 16 heavy (non-hydrogen) atoms. The minimum atomic E-state index is -0.940. The summed E-state index contributed by atoms with van der Waals surface area (Å²) >= 11 is 1.17. The van der Waals surface area contributed by atoms with E-state index in [9.17, 15) is 13.6 Å². The van der Waals surface area contributed by atoms with Crippen LogP contribution in [-0.2, 0) is 10.5 Å². The number of rotatable bonds is 4. The fraction of sp³-hybridized carbons (Fsp3) is 0.364. The molecule has 5 heteroatoms. The van der Waals surface area contributed by atoms with Crippen LogP contribution in [0.2, 0.25) is 0 Å². The van der Waals surface area contributed by atoms with Gasteiger partial charge in [-0.05, 0) is 31.5 Å². The van der Waals surface area contributed by atoms with E-state index in [0.29, 0.717) is 11.3 Å². The zero-order valence-corrected chi connectivity index (χ0v) is 9.78. The molecule has 2 nitrogen and oxygen atoms in total. The maximum Gasteiger partial charge on any atom is 0.319 e. The van der Waals surface area contributed by atoms with Crippen LogP contribution >= 0.6 is 11.8 Å². The Morgan fingerprint density at radius 1 is 1.38 bits per heavy atom. The molecule has 1 N–H and O–H groups in total. The molecule has 0 bridgehead atoms. The largest absolute Gasteiger partial charge is 0.480 e. The summed E-state index contributed by atoms with van der Waals surface area (Å²) in [6.07, 6.45) is 0. The summed E-state index contributed by atoms with van der Waals surface area (Å²) in [4.78, 5) is 10.8. The van der Waals surface area contributed by atoms with E-state index in [1.54, 1.807) is 13.8 Å². The molecule has 0 amide bonds. The summed E-state index contributed by atoms with van der Waals surface area (Å²) in [5.74, 6) is -2.41. The van der Waals surface area contributed by atoms with Crippen molar-refractivity contribution in [2.75, 3.05) is 0 Å².